The van der Waals surface area contributed by atoms with E-state index in [-0.39, 0.29) is 12.5 Å². The van der Waals surface area contributed by atoms with Gasteiger partial charge in [0.25, 0.3) is 5.91 Å². The average molecular weight is 433 g/mol. The molecular weight excluding hydrogens is 410 g/mol. The second-order valence-electron chi connectivity index (χ2n) is 6.95. The summed E-state index contributed by atoms with van der Waals surface area (Å²) in [5.74, 6) is 2.00. The predicted octanol–water partition coefficient (Wildman–Crippen LogP) is 2.93. The van der Waals surface area contributed by atoms with Gasteiger partial charge in [-0.2, -0.15) is 4.52 Å². The quantitative estimate of drug-likeness (QED) is 0.427. The summed E-state index contributed by atoms with van der Waals surface area (Å²) in [4.78, 5) is 12.3. The summed E-state index contributed by atoms with van der Waals surface area (Å²) < 4.78 is 18.0. The lowest BCUT2D eigenvalue weighted by atomic mass is 10.1. The minimum atomic E-state index is -0.135. The number of nitrogens with one attached hydrogen (secondary N) is 1. The molecule has 0 saturated heterocycles. The SMILES string of the molecule is COc1ccc(-c2nnc3ccc(OCCNC(=O)c4ccccc4C)nn23)cc1OC. The van der Waals surface area contributed by atoms with Crippen LogP contribution in [-0.4, -0.2) is 53.1 Å². The number of nitrogens with zero attached hydrogens (tertiary/aromatic N) is 4. The maximum Gasteiger partial charge on any atom is 0.251 e. The molecule has 0 saturated carbocycles. The molecule has 4 rings (SSSR count). The number of carbonyl (C=O) groups excluding carboxylic acids is 1. The Labute approximate surface area is 185 Å². The van der Waals surface area contributed by atoms with Crippen LogP contribution >= 0.6 is 0 Å². The molecule has 1 amide bonds. The highest BCUT2D eigenvalue weighted by atomic mass is 16.5. The number of hydrogen-bond donors (Lipinski definition) is 1. The van der Waals surface area contributed by atoms with E-state index in [2.05, 4.69) is 20.6 Å². The highest BCUT2D eigenvalue weighted by Gasteiger charge is 2.14. The van der Waals surface area contributed by atoms with Crippen molar-refractivity contribution in [3.05, 3.63) is 65.7 Å². The molecule has 1 N–H and O–H groups in total. The third-order valence-electron chi connectivity index (χ3n) is 4.91. The maximum atomic E-state index is 12.3. The van der Waals surface area contributed by atoms with Gasteiger partial charge in [-0.3, -0.25) is 4.79 Å². The molecule has 0 spiro atoms. The van der Waals surface area contributed by atoms with Crippen LogP contribution in [0.25, 0.3) is 17.0 Å². The van der Waals surface area contributed by atoms with Crippen LogP contribution in [-0.2, 0) is 0 Å². The minimum absolute atomic E-state index is 0.135. The first-order valence-corrected chi connectivity index (χ1v) is 10.0. The van der Waals surface area contributed by atoms with E-state index in [0.717, 1.165) is 11.1 Å². The first-order valence-electron chi connectivity index (χ1n) is 10.0. The van der Waals surface area contributed by atoms with E-state index < -0.39 is 0 Å². The first kappa shape index (κ1) is 21.1. The number of aryl methyl sites for hydroxylation is 1. The van der Waals surface area contributed by atoms with Gasteiger partial charge in [-0.15, -0.1) is 15.3 Å². The highest BCUT2D eigenvalue weighted by molar-refractivity contribution is 5.95. The molecule has 2 heterocycles. The van der Waals surface area contributed by atoms with Crippen LogP contribution in [0.5, 0.6) is 17.4 Å². The molecule has 0 fully saturated rings. The van der Waals surface area contributed by atoms with E-state index in [1.807, 2.05) is 37.3 Å². The van der Waals surface area contributed by atoms with E-state index in [1.165, 1.54) is 0 Å². The van der Waals surface area contributed by atoms with Crippen LogP contribution in [0.2, 0.25) is 0 Å². The van der Waals surface area contributed by atoms with Crippen LogP contribution < -0.4 is 19.5 Å². The van der Waals surface area contributed by atoms with Gasteiger partial charge >= 0.3 is 0 Å². The largest absolute Gasteiger partial charge is 0.493 e. The number of rotatable bonds is 8. The van der Waals surface area contributed by atoms with Crippen LogP contribution in [0.1, 0.15) is 15.9 Å². The smallest absolute Gasteiger partial charge is 0.251 e. The Hall–Kier alpha value is -4.14. The minimum Gasteiger partial charge on any atom is -0.493 e. The molecule has 0 aliphatic rings. The van der Waals surface area contributed by atoms with Gasteiger partial charge in [0.05, 0.1) is 20.8 Å². The molecule has 4 aromatic rings. The molecule has 0 bridgehead atoms. The average Bonchev–Trinajstić information content (AvgIpc) is 3.24. The lowest BCUT2D eigenvalue weighted by molar-refractivity contribution is 0.0946. The van der Waals surface area contributed by atoms with Crippen molar-refractivity contribution in [1.29, 1.82) is 0 Å². The summed E-state index contributed by atoms with van der Waals surface area (Å²) >= 11 is 0. The lowest BCUT2D eigenvalue weighted by Gasteiger charge is -2.10. The second kappa shape index (κ2) is 9.34. The molecule has 0 radical (unpaired) electrons. The molecule has 0 unspecified atom stereocenters. The number of benzene rings is 2. The van der Waals surface area contributed by atoms with Crippen LogP contribution in [0.3, 0.4) is 0 Å². The summed E-state index contributed by atoms with van der Waals surface area (Å²) in [5, 5.41) is 15.7. The van der Waals surface area contributed by atoms with Crippen LogP contribution in [0.4, 0.5) is 0 Å². The molecule has 2 aromatic carbocycles. The van der Waals surface area contributed by atoms with Gasteiger partial charge in [-0.25, -0.2) is 0 Å². The normalized spacial score (nSPS) is 10.7. The second-order valence-corrected chi connectivity index (χ2v) is 6.95. The summed E-state index contributed by atoms with van der Waals surface area (Å²) in [6, 6.07) is 16.4. The van der Waals surface area contributed by atoms with Crippen molar-refractivity contribution in [3.8, 4) is 28.8 Å². The molecule has 9 heteroatoms. The first-order chi connectivity index (χ1) is 15.6. The van der Waals surface area contributed by atoms with Crippen LogP contribution in [0, 0.1) is 6.92 Å². The summed E-state index contributed by atoms with van der Waals surface area (Å²) in [7, 11) is 3.16. The van der Waals surface area contributed by atoms with Crippen molar-refractivity contribution >= 4 is 11.6 Å². The number of methoxy groups -OCH3 is 2. The van der Waals surface area contributed by atoms with Crippen molar-refractivity contribution < 1.29 is 19.0 Å². The van der Waals surface area contributed by atoms with Gasteiger partial charge in [0.1, 0.15) is 6.61 Å². The topological polar surface area (TPSA) is 99.9 Å². The van der Waals surface area contributed by atoms with Gasteiger partial charge < -0.3 is 19.5 Å². The molecule has 2 aromatic heterocycles. The summed E-state index contributed by atoms with van der Waals surface area (Å²) in [6.07, 6.45) is 0. The molecule has 9 nitrogen and oxygen atoms in total. The number of ether oxygens (including phenoxy) is 3. The molecular formula is C23H23N5O4. The monoisotopic (exact) mass is 433 g/mol. The zero-order valence-electron chi connectivity index (χ0n) is 18.0. The Bertz CT molecular complexity index is 1250. The third kappa shape index (κ3) is 4.31. The highest BCUT2D eigenvalue weighted by Crippen LogP contribution is 2.31. The zero-order chi connectivity index (χ0) is 22.5. The van der Waals surface area contributed by atoms with E-state index in [0.29, 0.717) is 41.0 Å². The van der Waals surface area contributed by atoms with Gasteiger partial charge in [-0.05, 0) is 42.8 Å². The van der Waals surface area contributed by atoms with E-state index in [4.69, 9.17) is 14.2 Å². The Morgan fingerprint density at radius 1 is 1.00 bits per heavy atom. The number of aromatic nitrogens is 4. The van der Waals surface area contributed by atoms with Crippen molar-refractivity contribution in [2.24, 2.45) is 0 Å². The Morgan fingerprint density at radius 2 is 1.81 bits per heavy atom. The Kier molecular flexibility index (Phi) is 6.16. The standard InChI is InChI=1S/C23H23N5O4/c1-15-6-4-5-7-17(15)23(29)24-12-13-32-21-11-10-20-25-26-22(28(20)27-21)16-8-9-18(30-2)19(14-16)31-3/h4-11,14H,12-13H2,1-3H3,(H,24,29). The number of hydrogen-bond acceptors (Lipinski definition) is 7. The molecule has 32 heavy (non-hydrogen) atoms. The fourth-order valence-electron chi connectivity index (χ4n) is 3.25. The van der Waals surface area contributed by atoms with Crippen molar-refractivity contribution in [2.45, 2.75) is 6.92 Å². The van der Waals surface area contributed by atoms with E-state index >= 15 is 0 Å². The molecule has 164 valence electrons. The fraction of sp³-hybridized carbons (Fsp3) is 0.217. The third-order valence-corrected chi connectivity index (χ3v) is 4.91. The number of amides is 1. The van der Waals surface area contributed by atoms with Crippen molar-refractivity contribution in [2.75, 3.05) is 27.4 Å². The molecule has 0 atom stereocenters. The van der Waals surface area contributed by atoms with Crippen LogP contribution in [0.15, 0.2) is 54.6 Å². The maximum absolute atomic E-state index is 12.3. The van der Waals surface area contributed by atoms with Crippen molar-refractivity contribution in [3.63, 3.8) is 0 Å². The zero-order valence-corrected chi connectivity index (χ0v) is 18.0. The van der Waals surface area contributed by atoms with Gasteiger partial charge in [0, 0.05) is 17.2 Å². The summed E-state index contributed by atoms with van der Waals surface area (Å²) in [5.41, 5.74) is 2.92. The Morgan fingerprint density at radius 3 is 2.59 bits per heavy atom. The van der Waals surface area contributed by atoms with Gasteiger partial charge in [0.15, 0.2) is 23.0 Å². The summed E-state index contributed by atoms with van der Waals surface area (Å²) in [6.45, 7) is 2.52. The van der Waals surface area contributed by atoms with Crippen molar-refractivity contribution in [1.82, 2.24) is 25.1 Å². The number of carbonyl (C=O) groups is 1. The fourth-order valence-corrected chi connectivity index (χ4v) is 3.25. The van der Waals surface area contributed by atoms with E-state index in [1.54, 1.807) is 43.0 Å². The number of fused-ring (bicyclic) bond motifs is 1. The predicted molar refractivity (Wildman–Crippen MR) is 118 cm³/mol. The van der Waals surface area contributed by atoms with Gasteiger partial charge in [0.2, 0.25) is 5.88 Å². The Balaban J connectivity index is 1.45. The molecule has 0 aliphatic carbocycles. The lowest BCUT2D eigenvalue weighted by Crippen LogP contribution is -2.28. The van der Waals surface area contributed by atoms with Gasteiger partial charge in [-0.1, -0.05) is 18.2 Å². The molecule has 0 aliphatic heterocycles. The van der Waals surface area contributed by atoms with E-state index in [9.17, 15) is 4.79 Å².